The lowest BCUT2D eigenvalue weighted by Crippen LogP contribution is -2.59. The highest BCUT2D eigenvalue weighted by atomic mass is 32.1. The minimum atomic E-state index is -1.65. The fourth-order valence-corrected chi connectivity index (χ4v) is 2.24. The number of aliphatic carboxylic acids is 2. The molecule has 6 atom stereocenters. The highest BCUT2D eigenvalue weighted by Crippen LogP contribution is 2.01. The monoisotopic (exact) mass is 438 g/mol. The van der Waals surface area contributed by atoms with Gasteiger partial charge in [0.15, 0.2) is 6.04 Å². The van der Waals surface area contributed by atoms with Crippen molar-refractivity contribution in [2.45, 2.75) is 56.6 Å². The number of thiol groups is 1. The quantitative estimate of drug-likeness (QED) is 0.134. The molecule has 0 aromatic heterocycles. The minimum Gasteiger partial charge on any atom is -0.481 e. The Bertz CT molecular complexity index is 629. The third-order valence-electron chi connectivity index (χ3n) is 3.70. The number of nitrogens with one attached hydrogen (secondary N) is 3. The molecule has 166 valence electrons. The van der Waals surface area contributed by atoms with Crippen molar-refractivity contribution in [1.82, 2.24) is 16.0 Å². The number of carbonyl (C=O) groups excluding carboxylic acids is 3. The molecule has 3 amide bonds. The van der Waals surface area contributed by atoms with Gasteiger partial charge in [0, 0.05) is 5.75 Å². The summed E-state index contributed by atoms with van der Waals surface area (Å²) in [6, 6.07) is -6.11. The zero-order chi connectivity index (χ0) is 22.9. The summed E-state index contributed by atoms with van der Waals surface area (Å²) in [5, 5.41) is 42.9. The van der Waals surface area contributed by atoms with E-state index < -0.39 is 72.5 Å². The van der Waals surface area contributed by atoms with Crippen LogP contribution in [0.1, 0.15) is 20.3 Å². The maximum Gasteiger partial charge on any atom is 0.328 e. The van der Waals surface area contributed by atoms with Crippen molar-refractivity contribution in [3.8, 4) is 0 Å². The van der Waals surface area contributed by atoms with Crippen LogP contribution in [0.25, 0.3) is 0 Å². The third-order valence-corrected chi connectivity index (χ3v) is 4.06. The van der Waals surface area contributed by atoms with Crippen LogP contribution in [0.15, 0.2) is 0 Å². The number of carboxylic acid groups (broad SMARTS) is 2. The zero-order valence-electron chi connectivity index (χ0n) is 15.7. The molecule has 13 nitrogen and oxygen atoms in total. The van der Waals surface area contributed by atoms with Crippen molar-refractivity contribution in [1.29, 1.82) is 0 Å². The summed E-state index contributed by atoms with van der Waals surface area (Å²) in [4.78, 5) is 58.5. The van der Waals surface area contributed by atoms with E-state index in [1.807, 2.05) is 5.32 Å². The van der Waals surface area contributed by atoms with Crippen LogP contribution in [0.2, 0.25) is 0 Å². The average molecular weight is 438 g/mol. The van der Waals surface area contributed by atoms with E-state index in [1.165, 1.54) is 6.92 Å². The molecule has 0 saturated carbocycles. The molecule has 0 aliphatic rings. The molecule has 9 N–H and O–H groups in total. The van der Waals surface area contributed by atoms with E-state index in [1.54, 1.807) is 0 Å². The van der Waals surface area contributed by atoms with Gasteiger partial charge in [-0.25, -0.2) is 4.79 Å². The van der Waals surface area contributed by atoms with E-state index in [-0.39, 0.29) is 5.75 Å². The van der Waals surface area contributed by atoms with Gasteiger partial charge in [0.2, 0.25) is 17.7 Å². The van der Waals surface area contributed by atoms with E-state index in [0.717, 1.165) is 6.92 Å². The molecule has 0 saturated heterocycles. The Balaban J connectivity index is 5.27. The second kappa shape index (κ2) is 12.2. The number of carbonyl (C=O) groups is 5. The molecule has 0 radical (unpaired) electrons. The summed E-state index contributed by atoms with van der Waals surface area (Å²) >= 11 is 3.88. The summed E-state index contributed by atoms with van der Waals surface area (Å²) in [7, 11) is 0. The van der Waals surface area contributed by atoms with E-state index in [9.17, 15) is 34.2 Å². The zero-order valence-corrected chi connectivity index (χ0v) is 16.6. The molecule has 6 unspecified atom stereocenters. The first-order valence-corrected chi connectivity index (χ1v) is 9.03. The van der Waals surface area contributed by atoms with Gasteiger partial charge in [-0.05, 0) is 13.8 Å². The van der Waals surface area contributed by atoms with Crippen LogP contribution in [-0.4, -0.2) is 92.2 Å². The van der Waals surface area contributed by atoms with Gasteiger partial charge in [-0.1, -0.05) is 0 Å². The third kappa shape index (κ3) is 9.08. The fraction of sp³-hybridized carbons (Fsp3) is 0.667. The molecular weight excluding hydrogens is 412 g/mol. The molecule has 0 rings (SSSR count). The number of amides is 3. The lowest BCUT2D eigenvalue weighted by Gasteiger charge is -2.24. The van der Waals surface area contributed by atoms with Gasteiger partial charge in [0.1, 0.15) is 18.1 Å². The number of nitrogens with two attached hydrogens (primary N) is 1. The summed E-state index contributed by atoms with van der Waals surface area (Å²) in [5.41, 5.74) is 5.43. The van der Waals surface area contributed by atoms with Gasteiger partial charge < -0.3 is 42.1 Å². The Labute approximate surface area is 171 Å². The van der Waals surface area contributed by atoms with Gasteiger partial charge in [-0.3, -0.25) is 19.2 Å². The lowest BCUT2D eigenvalue weighted by molar-refractivity contribution is -0.145. The van der Waals surface area contributed by atoms with Gasteiger partial charge in [-0.2, -0.15) is 12.6 Å². The minimum absolute atomic E-state index is 0.301. The fourth-order valence-electron chi connectivity index (χ4n) is 1.98. The highest BCUT2D eigenvalue weighted by molar-refractivity contribution is 7.80. The topological polar surface area (TPSA) is 228 Å². The molecule has 14 heteroatoms. The predicted molar refractivity (Wildman–Crippen MR) is 101 cm³/mol. The van der Waals surface area contributed by atoms with Crippen molar-refractivity contribution in [2.75, 3.05) is 5.75 Å². The van der Waals surface area contributed by atoms with Crippen LogP contribution < -0.4 is 21.7 Å². The summed E-state index contributed by atoms with van der Waals surface area (Å²) in [5.74, 6) is -6.32. The molecule has 0 heterocycles. The molecular formula is C15H26N4O9S. The summed E-state index contributed by atoms with van der Waals surface area (Å²) in [6.45, 7) is 2.36. The molecule has 0 bridgehead atoms. The largest absolute Gasteiger partial charge is 0.481 e. The molecule has 0 spiro atoms. The second-order valence-corrected chi connectivity index (χ2v) is 6.60. The molecule has 0 aromatic rings. The van der Waals surface area contributed by atoms with Crippen LogP contribution in [-0.2, 0) is 24.0 Å². The van der Waals surface area contributed by atoms with Crippen LogP contribution in [0.5, 0.6) is 0 Å². The molecule has 0 aromatic carbocycles. The average Bonchev–Trinajstić information content (AvgIpc) is 2.61. The van der Waals surface area contributed by atoms with Crippen LogP contribution in [0.4, 0.5) is 0 Å². The van der Waals surface area contributed by atoms with Crippen molar-refractivity contribution < 1.29 is 44.4 Å². The highest BCUT2D eigenvalue weighted by Gasteiger charge is 2.32. The molecule has 29 heavy (non-hydrogen) atoms. The van der Waals surface area contributed by atoms with Gasteiger partial charge in [-0.15, -0.1) is 0 Å². The molecule has 0 aliphatic heterocycles. The van der Waals surface area contributed by atoms with E-state index >= 15 is 0 Å². The maximum absolute atomic E-state index is 12.4. The summed E-state index contributed by atoms with van der Waals surface area (Å²) < 4.78 is 0. The van der Waals surface area contributed by atoms with Crippen molar-refractivity contribution in [3.05, 3.63) is 0 Å². The second-order valence-electron chi connectivity index (χ2n) is 6.23. The summed E-state index contributed by atoms with van der Waals surface area (Å²) in [6.07, 6.45) is -3.56. The van der Waals surface area contributed by atoms with Crippen molar-refractivity contribution in [3.63, 3.8) is 0 Å². The number of rotatable bonds is 12. The number of hydrogen-bond acceptors (Lipinski definition) is 9. The van der Waals surface area contributed by atoms with Gasteiger partial charge in [0.25, 0.3) is 0 Å². The van der Waals surface area contributed by atoms with Gasteiger partial charge >= 0.3 is 11.9 Å². The first-order chi connectivity index (χ1) is 13.3. The predicted octanol–water partition coefficient (Wildman–Crippen LogP) is -3.98. The normalized spacial score (nSPS) is 17.0. The van der Waals surface area contributed by atoms with Crippen LogP contribution in [0, 0.1) is 0 Å². The first-order valence-electron chi connectivity index (χ1n) is 8.40. The number of hydrogen-bond donors (Lipinski definition) is 9. The van der Waals surface area contributed by atoms with Crippen LogP contribution in [0.3, 0.4) is 0 Å². The first kappa shape index (κ1) is 26.6. The smallest absolute Gasteiger partial charge is 0.328 e. The Morgan fingerprint density at radius 3 is 1.72 bits per heavy atom. The van der Waals surface area contributed by atoms with Crippen LogP contribution >= 0.6 is 12.6 Å². The van der Waals surface area contributed by atoms with E-state index in [0.29, 0.717) is 0 Å². The Hall–Kier alpha value is -2.42. The number of aliphatic hydroxyl groups excluding tert-OH is 2. The van der Waals surface area contributed by atoms with Crippen molar-refractivity contribution in [2.24, 2.45) is 5.73 Å². The van der Waals surface area contributed by atoms with E-state index in [4.69, 9.17) is 15.9 Å². The van der Waals surface area contributed by atoms with Gasteiger partial charge in [0.05, 0.1) is 18.6 Å². The van der Waals surface area contributed by atoms with E-state index in [2.05, 4.69) is 23.3 Å². The molecule has 0 aliphatic carbocycles. The number of carboxylic acids is 2. The van der Waals surface area contributed by atoms with Crippen molar-refractivity contribution >= 4 is 42.3 Å². The SMILES string of the molecule is CC(O)C(N)C(=O)NC(CC(=O)O)C(=O)NC(CS)C(=O)NC(C(=O)O)C(C)O. The lowest BCUT2D eigenvalue weighted by atomic mass is 10.1. The molecule has 0 fully saturated rings. The Morgan fingerprint density at radius 1 is 0.862 bits per heavy atom. The Kier molecular flexibility index (Phi) is 11.2. The standard InChI is InChI=1S/C15H26N4O9S/c1-5(20)10(16)14(26)17-7(3-9(22)23)12(24)18-8(4-29)13(25)19-11(6(2)21)15(27)28/h5-8,10-11,20-21,29H,3-4,16H2,1-2H3,(H,17,26)(H,18,24)(H,19,25)(H,22,23)(H,27,28). The Morgan fingerprint density at radius 2 is 1.34 bits per heavy atom. The maximum atomic E-state index is 12.4. The number of aliphatic hydroxyl groups is 2.